The molecule has 0 bridgehead atoms. The number of methoxy groups -OCH3 is 1. The third-order valence-corrected chi connectivity index (χ3v) is 4.08. The lowest BCUT2D eigenvalue weighted by Crippen LogP contribution is -2.32. The topological polar surface area (TPSA) is 53.6 Å². The van der Waals surface area contributed by atoms with Crippen molar-refractivity contribution in [2.75, 3.05) is 43.6 Å². The number of carbonyl (C=O) groups is 1. The summed E-state index contributed by atoms with van der Waals surface area (Å²) in [4.78, 5) is 14.1. The summed E-state index contributed by atoms with van der Waals surface area (Å²) < 4.78 is 4.94. The van der Waals surface area contributed by atoms with Gasteiger partial charge in [0, 0.05) is 44.7 Å². The Morgan fingerprint density at radius 1 is 1.27 bits per heavy atom. The monoisotopic (exact) mass is 305 g/mol. The minimum absolute atomic E-state index is 0.171. The number of nitrogens with one attached hydrogen (secondary N) is 2. The quantitative estimate of drug-likeness (QED) is 0.794. The normalized spacial score (nSPS) is 15.6. The number of rotatable bonds is 6. The molecule has 2 N–H and O–H groups in total. The lowest BCUT2D eigenvalue weighted by atomic mass is 9.99. The molecule has 2 amide bonds. The van der Waals surface area contributed by atoms with Crippen LogP contribution in [-0.4, -0.2) is 39.4 Å². The maximum absolute atomic E-state index is 11.7. The zero-order valence-corrected chi connectivity index (χ0v) is 13.6. The van der Waals surface area contributed by atoms with E-state index in [1.165, 1.54) is 18.5 Å². The van der Waals surface area contributed by atoms with Gasteiger partial charge in [-0.3, -0.25) is 0 Å². The molecule has 2 rings (SSSR count). The van der Waals surface area contributed by atoms with E-state index in [9.17, 15) is 4.79 Å². The van der Waals surface area contributed by atoms with Gasteiger partial charge >= 0.3 is 6.03 Å². The number of carbonyl (C=O) groups excluding carboxylic acids is 1. The van der Waals surface area contributed by atoms with Gasteiger partial charge in [-0.1, -0.05) is 6.92 Å². The van der Waals surface area contributed by atoms with E-state index in [0.717, 1.165) is 31.1 Å². The highest BCUT2D eigenvalue weighted by Crippen LogP contribution is 2.24. The Bertz CT molecular complexity index is 453. The second-order valence-corrected chi connectivity index (χ2v) is 5.94. The van der Waals surface area contributed by atoms with Crippen molar-refractivity contribution in [3.8, 4) is 0 Å². The van der Waals surface area contributed by atoms with Crippen molar-refractivity contribution in [2.24, 2.45) is 5.92 Å². The molecule has 1 heterocycles. The molecule has 1 fully saturated rings. The second-order valence-electron chi connectivity index (χ2n) is 5.94. The molecule has 0 spiro atoms. The smallest absolute Gasteiger partial charge is 0.319 e. The van der Waals surface area contributed by atoms with Crippen LogP contribution in [0.3, 0.4) is 0 Å². The molecule has 0 radical (unpaired) electrons. The van der Waals surface area contributed by atoms with Crippen molar-refractivity contribution >= 4 is 17.4 Å². The zero-order valence-electron chi connectivity index (χ0n) is 13.6. The minimum Gasteiger partial charge on any atom is -0.385 e. The summed E-state index contributed by atoms with van der Waals surface area (Å²) >= 11 is 0. The van der Waals surface area contributed by atoms with Gasteiger partial charge in [0.15, 0.2) is 0 Å². The fraction of sp³-hybridized carbons (Fsp3) is 0.588. The summed E-state index contributed by atoms with van der Waals surface area (Å²) in [5, 5.41) is 5.65. The summed E-state index contributed by atoms with van der Waals surface area (Å²) in [6.45, 7) is 5.82. The molecule has 0 aliphatic carbocycles. The van der Waals surface area contributed by atoms with Gasteiger partial charge in [-0.05, 0) is 49.4 Å². The molecular formula is C17H27N3O2. The fourth-order valence-corrected chi connectivity index (χ4v) is 2.62. The van der Waals surface area contributed by atoms with Gasteiger partial charge in [-0.2, -0.15) is 0 Å². The number of urea groups is 1. The summed E-state index contributed by atoms with van der Waals surface area (Å²) in [6.07, 6.45) is 3.32. The number of nitrogens with zero attached hydrogens (tertiary/aromatic N) is 1. The Balaban J connectivity index is 1.78. The first-order valence-corrected chi connectivity index (χ1v) is 8.08. The summed E-state index contributed by atoms with van der Waals surface area (Å²) in [7, 11) is 1.66. The van der Waals surface area contributed by atoms with E-state index in [4.69, 9.17) is 4.74 Å². The maximum atomic E-state index is 11.7. The molecule has 0 saturated carbocycles. The van der Waals surface area contributed by atoms with Crippen LogP contribution in [0, 0.1) is 5.92 Å². The summed E-state index contributed by atoms with van der Waals surface area (Å²) in [5.74, 6) is 0.832. The molecule has 5 nitrogen and oxygen atoms in total. The molecule has 1 aliphatic heterocycles. The summed E-state index contributed by atoms with van der Waals surface area (Å²) in [5.41, 5.74) is 2.05. The van der Waals surface area contributed by atoms with E-state index in [-0.39, 0.29) is 6.03 Å². The van der Waals surface area contributed by atoms with Crippen molar-refractivity contribution in [1.82, 2.24) is 5.32 Å². The molecule has 0 unspecified atom stereocenters. The van der Waals surface area contributed by atoms with Crippen molar-refractivity contribution in [2.45, 2.75) is 26.2 Å². The molecule has 1 saturated heterocycles. The largest absolute Gasteiger partial charge is 0.385 e. The average molecular weight is 305 g/mol. The molecule has 1 aromatic carbocycles. The van der Waals surface area contributed by atoms with Gasteiger partial charge in [0.1, 0.15) is 0 Å². The van der Waals surface area contributed by atoms with Gasteiger partial charge in [-0.15, -0.1) is 0 Å². The maximum Gasteiger partial charge on any atom is 0.319 e. The van der Waals surface area contributed by atoms with Gasteiger partial charge < -0.3 is 20.3 Å². The Morgan fingerprint density at radius 3 is 2.59 bits per heavy atom. The SMILES string of the molecule is COCCCNC(=O)Nc1ccc(N2CCC(C)CC2)cc1. The highest BCUT2D eigenvalue weighted by atomic mass is 16.5. The number of hydrogen-bond acceptors (Lipinski definition) is 3. The standard InChI is InChI=1S/C17H27N3O2/c1-14-8-11-20(12-9-14)16-6-4-15(5-7-16)19-17(21)18-10-3-13-22-2/h4-7,14H,3,8-13H2,1-2H3,(H2,18,19,21). The van der Waals surface area contributed by atoms with Crippen LogP contribution in [0.1, 0.15) is 26.2 Å². The van der Waals surface area contributed by atoms with Gasteiger partial charge in [0.2, 0.25) is 0 Å². The third kappa shape index (κ3) is 5.22. The van der Waals surface area contributed by atoms with Crippen LogP contribution < -0.4 is 15.5 Å². The van der Waals surface area contributed by atoms with Crippen LogP contribution in [0.25, 0.3) is 0 Å². The molecule has 0 aromatic heterocycles. The van der Waals surface area contributed by atoms with E-state index in [2.05, 4.69) is 34.6 Å². The van der Waals surface area contributed by atoms with Crippen molar-refractivity contribution in [1.29, 1.82) is 0 Å². The van der Waals surface area contributed by atoms with Gasteiger partial charge in [0.25, 0.3) is 0 Å². The van der Waals surface area contributed by atoms with Crippen molar-refractivity contribution in [3.05, 3.63) is 24.3 Å². The first-order chi connectivity index (χ1) is 10.7. The Kier molecular flexibility index (Phi) is 6.52. The van der Waals surface area contributed by atoms with Crippen LogP contribution in [0.15, 0.2) is 24.3 Å². The number of ether oxygens (including phenoxy) is 1. The molecule has 22 heavy (non-hydrogen) atoms. The lowest BCUT2D eigenvalue weighted by Gasteiger charge is -2.32. The number of anilines is 2. The number of benzene rings is 1. The van der Waals surface area contributed by atoms with E-state index in [1.54, 1.807) is 7.11 Å². The first-order valence-electron chi connectivity index (χ1n) is 8.08. The molecule has 1 aliphatic rings. The Morgan fingerprint density at radius 2 is 1.95 bits per heavy atom. The first kappa shape index (κ1) is 16.6. The highest BCUT2D eigenvalue weighted by Gasteiger charge is 2.15. The number of piperidine rings is 1. The van der Waals surface area contributed by atoms with E-state index >= 15 is 0 Å². The number of amides is 2. The predicted molar refractivity (Wildman–Crippen MR) is 90.6 cm³/mol. The van der Waals surface area contributed by atoms with Crippen molar-refractivity contribution in [3.63, 3.8) is 0 Å². The van der Waals surface area contributed by atoms with E-state index in [0.29, 0.717) is 13.2 Å². The predicted octanol–water partition coefficient (Wildman–Crippen LogP) is 3.08. The highest BCUT2D eigenvalue weighted by molar-refractivity contribution is 5.89. The number of hydrogen-bond donors (Lipinski definition) is 2. The van der Waals surface area contributed by atoms with E-state index in [1.807, 2.05) is 12.1 Å². The lowest BCUT2D eigenvalue weighted by molar-refractivity contribution is 0.194. The molecular weight excluding hydrogens is 278 g/mol. The van der Waals surface area contributed by atoms with Crippen LogP contribution in [0.5, 0.6) is 0 Å². The van der Waals surface area contributed by atoms with Crippen LogP contribution in [-0.2, 0) is 4.74 Å². The molecule has 0 atom stereocenters. The fourth-order valence-electron chi connectivity index (χ4n) is 2.62. The van der Waals surface area contributed by atoms with E-state index < -0.39 is 0 Å². The Hall–Kier alpha value is -1.75. The summed E-state index contributed by atoms with van der Waals surface area (Å²) in [6, 6.07) is 7.91. The minimum atomic E-state index is -0.171. The molecule has 122 valence electrons. The third-order valence-electron chi connectivity index (χ3n) is 4.08. The van der Waals surface area contributed by atoms with Gasteiger partial charge in [0.05, 0.1) is 0 Å². The van der Waals surface area contributed by atoms with Crippen LogP contribution in [0.2, 0.25) is 0 Å². The van der Waals surface area contributed by atoms with Crippen LogP contribution in [0.4, 0.5) is 16.2 Å². The zero-order chi connectivity index (χ0) is 15.8. The molecule has 5 heteroatoms. The van der Waals surface area contributed by atoms with Gasteiger partial charge in [-0.25, -0.2) is 4.79 Å². The van der Waals surface area contributed by atoms with Crippen molar-refractivity contribution < 1.29 is 9.53 Å². The average Bonchev–Trinajstić information content (AvgIpc) is 2.53. The second kappa shape index (κ2) is 8.63. The molecule has 1 aromatic rings. The Labute approximate surface area is 133 Å². The van der Waals surface area contributed by atoms with Crippen LogP contribution >= 0.6 is 0 Å².